The summed E-state index contributed by atoms with van der Waals surface area (Å²) < 4.78 is 2.18. The topological polar surface area (TPSA) is 41.9 Å². The van der Waals surface area contributed by atoms with E-state index in [-0.39, 0.29) is 0 Å². The van der Waals surface area contributed by atoms with Gasteiger partial charge in [-0.25, -0.2) is 4.57 Å². The fourth-order valence-electron chi connectivity index (χ4n) is 3.04. The molecule has 0 aliphatic carbocycles. The predicted octanol–water partition coefficient (Wildman–Crippen LogP) is 3.04. The SMILES string of the molecule is CNc1c(N)c(C)cc(C)c1-c1c(C)cc(C)c[n+]1C. The van der Waals surface area contributed by atoms with Crippen molar-refractivity contribution in [2.75, 3.05) is 18.1 Å². The maximum atomic E-state index is 6.26. The number of anilines is 2. The molecule has 2 rings (SSSR count). The van der Waals surface area contributed by atoms with Crippen molar-refractivity contribution in [3.05, 3.63) is 40.6 Å². The molecule has 2 aromatic rings. The third-order valence-corrected chi connectivity index (χ3v) is 3.83. The highest BCUT2D eigenvalue weighted by Crippen LogP contribution is 2.37. The second-order valence-corrected chi connectivity index (χ2v) is 5.58. The monoisotopic (exact) mass is 270 g/mol. The fraction of sp³-hybridized carbons (Fsp3) is 0.353. The highest BCUT2D eigenvalue weighted by Gasteiger charge is 2.22. The Morgan fingerprint density at radius 2 is 1.65 bits per heavy atom. The zero-order chi connectivity index (χ0) is 15.0. The summed E-state index contributed by atoms with van der Waals surface area (Å²) in [5, 5.41) is 3.27. The Hall–Kier alpha value is -2.03. The first-order valence-corrected chi connectivity index (χ1v) is 6.91. The Morgan fingerprint density at radius 1 is 1.00 bits per heavy atom. The predicted molar refractivity (Wildman–Crippen MR) is 86.0 cm³/mol. The molecule has 0 aliphatic heterocycles. The normalized spacial score (nSPS) is 10.7. The van der Waals surface area contributed by atoms with Gasteiger partial charge in [0.2, 0.25) is 5.69 Å². The van der Waals surface area contributed by atoms with Crippen molar-refractivity contribution in [3.63, 3.8) is 0 Å². The lowest BCUT2D eigenvalue weighted by Crippen LogP contribution is -2.32. The summed E-state index contributed by atoms with van der Waals surface area (Å²) in [5.41, 5.74) is 15.4. The minimum atomic E-state index is 0.827. The van der Waals surface area contributed by atoms with Crippen molar-refractivity contribution in [2.24, 2.45) is 7.05 Å². The van der Waals surface area contributed by atoms with Crippen LogP contribution < -0.4 is 15.6 Å². The number of nitrogens with one attached hydrogen (secondary N) is 1. The van der Waals surface area contributed by atoms with Crippen molar-refractivity contribution in [2.45, 2.75) is 27.7 Å². The Labute approximate surface area is 121 Å². The average Bonchev–Trinajstić information content (AvgIpc) is 2.34. The van der Waals surface area contributed by atoms with Gasteiger partial charge in [0.1, 0.15) is 7.05 Å². The maximum absolute atomic E-state index is 6.26. The molecule has 0 saturated carbocycles. The van der Waals surface area contributed by atoms with Crippen LogP contribution in [0.4, 0.5) is 11.4 Å². The minimum absolute atomic E-state index is 0.827. The van der Waals surface area contributed by atoms with Crippen LogP contribution in [0.25, 0.3) is 11.3 Å². The van der Waals surface area contributed by atoms with Crippen LogP contribution in [0.15, 0.2) is 18.3 Å². The summed E-state index contributed by atoms with van der Waals surface area (Å²) in [6.07, 6.45) is 2.15. The van der Waals surface area contributed by atoms with E-state index in [1.54, 1.807) is 0 Å². The van der Waals surface area contributed by atoms with E-state index in [0.717, 1.165) is 16.9 Å². The van der Waals surface area contributed by atoms with E-state index >= 15 is 0 Å². The summed E-state index contributed by atoms with van der Waals surface area (Å²) in [5.74, 6) is 0. The molecular formula is C17H24N3+. The minimum Gasteiger partial charge on any atom is -0.397 e. The number of benzene rings is 1. The number of aryl methyl sites for hydroxylation is 5. The molecule has 1 aromatic heterocycles. The van der Waals surface area contributed by atoms with Crippen molar-refractivity contribution in [3.8, 4) is 11.3 Å². The highest BCUT2D eigenvalue weighted by molar-refractivity contribution is 5.88. The van der Waals surface area contributed by atoms with Crippen LogP contribution in [0.5, 0.6) is 0 Å². The van der Waals surface area contributed by atoms with E-state index in [2.05, 4.69) is 63.0 Å². The summed E-state index contributed by atoms with van der Waals surface area (Å²) in [6, 6.07) is 4.37. The van der Waals surface area contributed by atoms with Crippen LogP contribution in [0.2, 0.25) is 0 Å². The Kier molecular flexibility index (Phi) is 3.71. The summed E-state index contributed by atoms with van der Waals surface area (Å²) in [6.45, 7) is 8.46. The van der Waals surface area contributed by atoms with Crippen LogP contribution in [-0.4, -0.2) is 7.05 Å². The lowest BCUT2D eigenvalue weighted by atomic mass is 9.95. The van der Waals surface area contributed by atoms with Gasteiger partial charge in [0.25, 0.3) is 0 Å². The molecule has 106 valence electrons. The molecule has 20 heavy (non-hydrogen) atoms. The average molecular weight is 270 g/mol. The van der Waals surface area contributed by atoms with Gasteiger partial charge in [-0.3, -0.25) is 0 Å². The van der Waals surface area contributed by atoms with E-state index in [0.29, 0.717) is 0 Å². The van der Waals surface area contributed by atoms with Crippen LogP contribution >= 0.6 is 0 Å². The standard InChI is InChI=1S/C17H23N3/c1-10-7-13(4)17(20(6)9-10)14-11(2)8-12(3)15(18)16(14)19-5/h7-9H,18H2,1-6H3/p+1. The van der Waals surface area contributed by atoms with Gasteiger partial charge in [0, 0.05) is 18.2 Å². The molecule has 0 radical (unpaired) electrons. The second kappa shape index (κ2) is 5.16. The number of hydrogen-bond donors (Lipinski definition) is 2. The van der Waals surface area contributed by atoms with Gasteiger partial charge in [-0.05, 0) is 44.9 Å². The number of pyridine rings is 1. The van der Waals surface area contributed by atoms with Gasteiger partial charge < -0.3 is 11.1 Å². The van der Waals surface area contributed by atoms with Gasteiger partial charge in [-0.15, -0.1) is 0 Å². The molecule has 1 aromatic carbocycles. The largest absolute Gasteiger partial charge is 0.397 e. The van der Waals surface area contributed by atoms with Gasteiger partial charge in [0.05, 0.1) is 16.9 Å². The summed E-state index contributed by atoms with van der Waals surface area (Å²) >= 11 is 0. The molecule has 3 heteroatoms. The number of nitrogens with zero attached hydrogens (tertiary/aromatic N) is 1. The summed E-state index contributed by atoms with van der Waals surface area (Å²) in [7, 11) is 4.02. The van der Waals surface area contributed by atoms with Gasteiger partial charge in [0.15, 0.2) is 6.20 Å². The molecule has 3 N–H and O–H groups in total. The van der Waals surface area contributed by atoms with Gasteiger partial charge >= 0.3 is 0 Å². The smallest absolute Gasteiger partial charge is 0.217 e. The molecule has 0 aliphatic rings. The zero-order valence-electron chi connectivity index (χ0n) is 13.3. The van der Waals surface area contributed by atoms with Crippen molar-refractivity contribution < 1.29 is 4.57 Å². The molecule has 0 spiro atoms. The van der Waals surface area contributed by atoms with E-state index in [4.69, 9.17) is 5.73 Å². The number of nitrogens with two attached hydrogens (primary N) is 1. The van der Waals surface area contributed by atoms with Crippen LogP contribution in [0, 0.1) is 27.7 Å². The molecule has 3 nitrogen and oxygen atoms in total. The van der Waals surface area contributed by atoms with Crippen LogP contribution in [0.1, 0.15) is 22.3 Å². The van der Waals surface area contributed by atoms with E-state index in [1.165, 1.54) is 27.9 Å². The third kappa shape index (κ3) is 2.24. The zero-order valence-corrected chi connectivity index (χ0v) is 13.3. The quantitative estimate of drug-likeness (QED) is 0.650. The molecule has 0 bridgehead atoms. The molecular weight excluding hydrogens is 246 g/mol. The van der Waals surface area contributed by atoms with E-state index in [9.17, 15) is 0 Å². The molecule has 0 fully saturated rings. The Balaban J connectivity index is 2.86. The third-order valence-electron chi connectivity index (χ3n) is 3.83. The molecule has 0 unspecified atom stereocenters. The van der Waals surface area contributed by atoms with Gasteiger partial charge in [-0.1, -0.05) is 6.07 Å². The van der Waals surface area contributed by atoms with Crippen molar-refractivity contribution in [1.82, 2.24) is 0 Å². The highest BCUT2D eigenvalue weighted by atomic mass is 14.9. The van der Waals surface area contributed by atoms with Crippen LogP contribution in [0.3, 0.4) is 0 Å². The Morgan fingerprint density at radius 3 is 2.20 bits per heavy atom. The second-order valence-electron chi connectivity index (χ2n) is 5.58. The van der Waals surface area contributed by atoms with E-state index in [1.807, 2.05) is 7.05 Å². The lowest BCUT2D eigenvalue weighted by Gasteiger charge is -2.17. The Bertz CT molecular complexity index is 649. The number of hydrogen-bond acceptors (Lipinski definition) is 2. The first-order valence-electron chi connectivity index (χ1n) is 6.91. The number of nitrogen functional groups attached to an aromatic ring is 1. The van der Waals surface area contributed by atoms with Crippen molar-refractivity contribution >= 4 is 11.4 Å². The molecule has 1 heterocycles. The molecule has 0 saturated heterocycles. The molecule has 0 atom stereocenters. The van der Waals surface area contributed by atoms with Crippen molar-refractivity contribution in [1.29, 1.82) is 0 Å². The first kappa shape index (κ1) is 14.4. The lowest BCUT2D eigenvalue weighted by molar-refractivity contribution is -0.661. The van der Waals surface area contributed by atoms with E-state index < -0.39 is 0 Å². The number of aromatic nitrogens is 1. The van der Waals surface area contributed by atoms with Crippen LogP contribution in [-0.2, 0) is 7.05 Å². The first-order chi connectivity index (χ1) is 9.36. The molecule has 0 amide bonds. The maximum Gasteiger partial charge on any atom is 0.217 e. The van der Waals surface area contributed by atoms with Gasteiger partial charge in [-0.2, -0.15) is 0 Å². The summed E-state index contributed by atoms with van der Waals surface area (Å²) in [4.78, 5) is 0. The fourth-order valence-corrected chi connectivity index (χ4v) is 3.04. The number of rotatable bonds is 2.